The van der Waals surface area contributed by atoms with Crippen LogP contribution in [0.25, 0.3) is 10.9 Å². The molecule has 0 aliphatic carbocycles. The molecule has 0 atom stereocenters. The van der Waals surface area contributed by atoms with Crippen molar-refractivity contribution < 1.29 is 9.53 Å². The Hall–Kier alpha value is -2.45. The molecule has 0 bridgehead atoms. The molecule has 4 rings (SSSR count). The Balaban J connectivity index is 1.40. The van der Waals surface area contributed by atoms with Gasteiger partial charge in [-0.1, -0.05) is 6.92 Å². The first-order valence-corrected chi connectivity index (χ1v) is 12.5. The van der Waals surface area contributed by atoms with Gasteiger partial charge in [0.25, 0.3) is 0 Å². The molecular weight excluding hydrogens is 434 g/mol. The minimum Gasteiger partial charge on any atom is -0.466 e. The van der Waals surface area contributed by atoms with Gasteiger partial charge in [-0.15, -0.1) is 0 Å². The van der Waals surface area contributed by atoms with E-state index >= 15 is 0 Å². The number of thiocarbonyl (C=S) groups is 1. The van der Waals surface area contributed by atoms with Gasteiger partial charge in [-0.05, 0) is 75.3 Å². The predicted octanol–water partition coefficient (Wildman–Crippen LogP) is 3.66. The summed E-state index contributed by atoms with van der Waals surface area (Å²) in [6.45, 7) is 13.5. The van der Waals surface area contributed by atoms with E-state index in [9.17, 15) is 4.79 Å². The molecule has 2 aliphatic rings. The maximum Gasteiger partial charge on any atom is 0.309 e. The Morgan fingerprint density at radius 2 is 1.85 bits per heavy atom. The molecule has 1 N–H and O–H groups in total. The van der Waals surface area contributed by atoms with E-state index in [1.165, 1.54) is 5.56 Å². The standard InChI is InChI=1S/C25H35N5O2S/c1-4-28-12-14-29(15-13-28)23-16-18(3)21-17-20(6-7-22(21)27-23)26-25(33)30-10-8-19(9-11-30)24(31)32-5-2/h6-7,16-17,19H,4-5,8-15H2,1-3H3,(H,26,33). The summed E-state index contributed by atoms with van der Waals surface area (Å²) in [6, 6.07) is 8.46. The van der Waals surface area contributed by atoms with Gasteiger partial charge in [0.2, 0.25) is 0 Å². The predicted molar refractivity (Wildman–Crippen MR) is 138 cm³/mol. The van der Waals surface area contributed by atoms with E-state index in [-0.39, 0.29) is 11.9 Å². The van der Waals surface area contributed by atoms with Crippen LogP contribution >= 0.6 is 12.2 Å². The van der Waals surface area contributed by atoms with Crippen LogP contribution in [0, 0.1) is 12.8 Å². The molecule has 0 spiro atoms. The number of likely N-dealkylation sites (N-methyl/N-ethyl adjacent to an activating group) is 1. The summed E-state index contributed by atoms with van der Waals surface area (Å²) in [5.41, 5.74) is 3.20. The maximum absolute atomic E-state index is 12.0. The minimum absolute atomic E-state index is 0.0162. The number of fused-ring (bicyclic) bond motifs is 1. The highest BCUT2D eigenvalue weighted by Crippen LogP contribution is 2.27. The zero-order valence-electron chi connectivity index (χ0n) is 20.0. The molecule has 0 amide bonds. The Kier molecular flexibility index (Phi) is 7.65. The highest BCUT2D eigenvalue weighted by atomic mass is 32.1. The quantitative estimate of drug-likeness (QED) is 0.526. The number of pyridine rings is 1. The largest absolute Gasteiger partial charge is 0.466 e. The first kappa shape index (κ1) is 23.7. The van der Waals surface area contributed by atoms with Gasteiger partial charge in [0, 0.05) is 50.3 Å². The molecule has 2 fully saturated rings. The van der Waals surface area contributed by atoms with E-state index in [0.29, 0.717) is 11.7 Å². The van der Waals surface area contributed by atoms with Crippen molar-refractivity contribution in [1.29, 1.82) is 0 Å². The van der Waals surface area contributed by atoms with E-state index in [0.717, 1.165) is 81.1 Å². The lowest BCUT2D eigenvalue weighted by atomic mass is 9.97. The Bertz CT molecular complexity index is 998. The number of piperidine rings is 1. The van der Waals surface area contributed by atoms with Gasteiger partial charge in [-0.3, -0.25) is 4.79 Å². The van der Waals surface area contributed by atoms with Crippen LogP contribution in [0.1, 0.15) is 32.3 Å². The van der Waals surface area contributed by atoms with Crippen LogP contribution < -0.4 is 10.2 Å². The Morgan fingerprint density at radius 3 is 2.52 bits per heavy atom. The van der Waals surface area contributed by atoms with E-state index in [1.54, 1.807) is 0 Å². The summed E-state index contributed by atoms with van der Waals surface area (Å²) >= 11 is 5.67. The summed E-state index contributed by atoms with van der Waals surface area (Å²) < 4.78 is 5.16. The number of anilines is 2. The molecule has 1 aromatic carbocycles. The van der Waals surface area contributed by atoms with Crippen LogP contribution in [0.3, 0.4) is 0 Å². The molecule has 7 nitrogen and oxygen atoms in total. The van der Waals surface area contributed by atoms with Gasteiger partial charge in [0.1, 0.15) is 5.82 Å². The van der Waals surface area contributed by atoms with E-state index in [2.05, 4.69) is 52.1 Å². The number of piperazine rings is 1. The van der Waals surface area contributed by atoms with Crippen molar-refractivity contribution in [2.45, 2.75) is 33.6 Å². The van der Waals surface area contributed by atoms with Crippen molar-refractivity contribution in [3.05, 3.63) is 29.8 Å². The molecule has 178 valence electrons. The first-order chi connectivity index (χ1) is 16.0. The van der Waals surface area contributed by atoms with Crippen LogP contribution in [0.2, 0.25) is 0 Å². The van der Waals surface area contributed by atoms with Gasteiger partial charge in [-0.2, -0.15) is 0 Å². The summed E-state index contributed by atoms with van der Waals surface area (Å²) in [7, 11) is 0. The molecule has 1 aromatic heterocycles. The normalized spacial score (nSPS) is 17.9. The number of carbonyl (C=O) groups is 1. The van der Waals surface area contributed by atoms with Crippen molar-refractivity contribution in [2.24, 2.45) is 5.92 Å². The van der Waals surface area contributed by atoms with Gasteiger partial charge in [0.15, 0.2) is 5.11 Å². The SMILES string of the molecule is CCOC(=O)C1CCN(C(=S)Nc2ccc3nc(N4CCN(CC)CC4)cc(C)c3c2)CC1. The lowest BCUT2D eigenvalue weighted by molar-refractivity contribution is -0.149. The molecule has 2 aromatic rings. The smallest absolute Gasteiger partial charge is 0.309 e. The maximum atomic E-state index is 12.0. The van der Waals surface area contributed by atoms with Crippen molar-refractivity contribution in [2.75, 3.05) is 62.6 Å². The summed E-state index contributed by atoms with van der Waals surface area (Å²) in [5, 5.41) is 5.23. The number of nitrogens with one attached hydrogen (secondary N) is 1. The van der Waals surface area contributed by atoms with E-state index in [4.69, 9.17) is 21.9 Å². The van der Waals surface area contributed by atoms with Crippen LogP contribution in [-0.4, -0.2) is 78.3 Å². The van der Waals surface area contributed by atoms with Gasteiger partial charge in [-0.25, -0.2) is 4.98 Å². The Labute approximate surface area is 202 Å². The number of hydrogen-bond donors (Lipinski definition) is 1. The number of nitrogens with zero attached hydrogens (tertiary/aromatic N) is 4. The third-order valence-corrected chi connectivity index (χ3v) is 7.16. The van der Waals surface area contributed by atoms with Crippen molar-refractivity contribution in [1.82, 2.24) is 14.8 Å². The highest BCUT2D eigenvalue weighted by Gasteiger charge is 2.27. The number of carbonyl (C=O) groups excluding carboxylic acids is 1. The van der Waals surface area contributed by atoms with Crippen LogP contribution in [-0.2, 0) is 9.53 Å². The molecule has 33 heavy (non-hydrogen) atoms. The number of rotatable bonds is 5. The van der Waals surface area contributed by atoms with Crippen molar-refractivity contribution >= 4 is 45.7 Å². The van der Waals surface area contributed by atoms with Gasteiger partial charge >= 0.3 is 5.97 Å². The van der Waals surface area contributed by atoms with Crippen LogP contribution in [0.5, 0.6) is 0 Å². The zero-order chi connectivity index (χ0) is 23.4. The fraction of sp³-hybridized carbons (Fsp3) is 0.560. The second kappa shape index (κ2) is 10.7. The van der Waals surface area contributed by atoms with Crippen molar-refractivity contribution in [3.8, 4) is 0 Å². The van der Waals surface area contributed by atoms with Gasteiger partial charge < -0.3 is 24.8 Å². The first-order valence-electron chi connectivity index (χ1n) is 12.1. The average Bonchev–Trinajstić information content (AvgIpc) is 2.84. The molecule has 0 unspecified atom stereocenters. The monoisotopic (exact) mass is 469 g/mol. The molecule has 8 heteroatoms. The number of benzene rings is 1. The van der Waals surface area contributed by atoms with Crippen LogP contribution in [0.15, 0.2) is 24.3 Å². The summed E-state index contributed by atoms with van der Waals surface area (Å²) in [4.78, 5) is 23.9. The fourth-order valence-corrected chi connectivity index (χ4v) is 4.99. The number of aromatic nitrogens is 1. The number of esters is 1. The summed E-state index contributed by atoms with van der Waals surface area (Å²) in [5.74, 6) is 0.967. The highest BCUT2D eigenvalue weighted by molar-refractivity contribution is 7.80. The molecule has 2 saturated heterocycles. The topological polar surface area (TPSA) is 60.9 Å². The average molecular weight is 470 g/mol. The third-order valence-electron chi connectivity index (χ3n) is 6.80. The van der Waals surface area contributed by atoms with E-state index < -0.39 is 0 Å². The molecular formula is C25H35N5O2S. The van der Waals surface area contributed by atoms with Gasteiger partial charge in [0.05, 0.1) is 18.0 Å². The summed E-state index contributed by atoms with van der Waals surface area (Å²) in [6.07, 6.45) is 1.55. The number of ether oxygens (including phenoxy) is 1. The van der Waals surface area contributed by atoms with E-state index in [1.807, 2.05) is 13.0 Å². The fourth-order valence-electron chi connectivity index (χ4n) is 4.69. The molecule has 3 heterocycles. The second-order valence-electron chi connectivity index (χ2n) is 8.89. The zero-order valence-corrected chi connectivity index (χ0v) is 20.8. The number of likely N-dealkylation sites (tertiary alicyclic amines) is 1. The number of aryl methyl sites for hydroxylation is 1. The number of hydrogen-bond acceptors (Lipinski definition) is 6. The third kappa shape index (κ3) is 5.55. The molecule has 2 aliphatic heterocycles. The minimum atomic E-state index is -0.0832. The Morgan fingerprint density at radius 1 is 1.12 bits per heavy atom. The molecule has 0 saturated carbocycles. The van der Waals surface area contributed by atoms with Crippen molar-refractivity contribution in [3.63, 3.8) is 0 Å². The second-order valence-corrected chi connectivity index (χ2v) is 9.28. The van der Waals surface area contributed by atoms with Crippen LogP contribution in [0.4, 0.5) is 11.5 Å². The lowest BCUT2D eigenvalue weighted by Crippen LogP contribution is -2.46. The molecule has 0 radical (unpaired) electrons. The lowest BCUT2D eigenvalue weighted by Gasteiger charge is -2.35.